The van der Waals surface area contributed by atoms with Crippen LogP contribution in [0.25, 0.3) is 0 Å². The molecule has 0 bridgehead atoms. The van der Waals surface area contributed by atoms with E-state index in [0.29, 0.717) is 48.1 Å². The standard InChI is InChI=1S/C24H24ClN3O3S/c1-14-5-7-17(10-20(14)25)27-24(32)26-12-15-6-8-19-16(9-15)13-28(23(19)31)21-4-2-3-18(29)11-22(21)30/h5-10,21H,2-4,11-13H2,1H3,(H2,26,27,32). The fourth-order valence-corrected chi connectivity index (χ4v) is 4.54. The van der Waals surface area contributed by atoms with Crippen LogP contribution in [0.4, 0.5) is 5.69 Å². The Morgan fingerprint density at radius 2 is 2.00 bits per heavy atom. The van der Waals surface area contributed by atoms with Gasteiger partial charge in [0, 0.05) is 35.8 Å². The van der Waals surface area contributed by atoms with Gasteiger partial charge in [0.1, 0.15) is 5.78 Å². The van der Waals surface area contributed by atoms with E-state index in [-0.39, 0.29) is 23.9 Å². The van der Waals surface area contributed by atoms with Gasteiger partial charge in [-0.15, -0.1) is 0 Å². The van der Waals surface area contributed by atoms with Gasteiger partial charge in [-0.2, -0.15) is 0 Å². The molecule has 1 aliphatic heterocycles. The molecule has 2 aromatic carbocycles. The van der Waals surface area contributed by atoms with Crippen molar-refractivity contribution in [1.82, 2.24) is 10.2 Å². The molecule has 1 fully saturated rings. The fraction of sp³-hybridized carbons (Fsp3) is 0.333. The number of rotatable bonds is 4. The highest BCUT2D eigenvalue weighted by Gasteiger charge is 2.37. The quantitative estimate of drug-likeness (QED) is 0.397. The van der Waals surface area contributed by atoms with Gasteiger partial charge < -0.3 is 15.5 Å². The molecule has 1 amide bonds. The lowest BCUT2D eigenvalue weighted by Gasteiger charge is -2.25. The largest absolute Gasteiger partial charge is 0.358 e. The van der Waals surface area contributed by atoms with Crippen LogP contribution in [0, 0.1) is 6.92 Å². The van der Waals surface area contributed by atoms with E-state index in [2.05, 4.69) is 10.6 Å². The first-order valence-corrected chi connectivity index (χ1v) is 11.4. The molecule has 2 aromatic rings. The molecule has 2 N–H and O–H groups in total. The predicted molar refractivity (Wildman–Crippen MR) is 128 cm³/mol. The van der Waals surface area contributed by atoms with Gasteiger partial charge in [0.2, 0.25) is 0 Å². The zero-order valence-electron chi connectivity index (χ0n) is 17.7. The fourth-order valence-electron chi connectivity index (χ4n) is 4.17. The minimum Gasteiger partial charge on any atom is -0.358 e. The van der Waals surface area contributed by atoms with E-state index in [1.165, 1.54) is 0 Å². The number of Topliss-reactive ketones (excluding diaryl/α,β-unsaturated/α-hetero) is 2. The second-order valence-electron chi connectivity index (χ2n) is 8.29. The molecular formula is C24H24ClN3O3S. The van der Waals surface area contributed by atoms with E-state index in [1.807, 2.05) is 37.3 Å². The van der Waals surface area contributed by atoms with Crippen molar-refractivity contribution in [3.8, 4) is 0 Å². The molecular weight excluding hydrogens is 446 g/mol. The first-order valence-electron chi connectivity index (χ1n) is 10.6. The summed E-state index contributed by atoms with van der Waals surface area (Å²) in [7, 11) is 0. The lowest BCUT2D eigenvalue weighted by molar-refractivity contribution is -0.128. The smallest absolute Gasteiger partial charge is 0.255 e. The van der Waals surface area contributed by atoms with Gasteiger partial charge in [0.05, 0.1) is 12.5 Å². The van der Waals surface area contributed by atoms with Crippen molar-refractivity contribution in [1.29, 1.82) is 0 Å². The van der Waals surface area contributed by atoms with E-state index in [0.717, 1.165) is 22.4 Å². The SMILES string of the molecule is Cc1ccc(NC(=S)NCc2ccc3c(c2)CN(C2CCCC(=O)CC2=O)C3=O)cc1Cl. The summed E-state index contributed by atoms with van der Waals surface area (Å²) in [6.45, 7) is 2.81. The number of benzene rings is 2. The zero-order valence-corrected chi connectivity index (χ0v) is 19.3. The maximum absolute atomic E-state index is 12.9. The monoisotopic (exact) mass is 469 g/mol. The molecule has 8 heteroatoms. The van der Waals surface area contributed by atoms with E-state index in [9.17, 15) is 14.4 Å². The van der Waals surface area contributed by atoms with Gasteiger partial charge in [-0.1, -0.05) is 29.8 Å². The maximum Gasteiger partial charge on any atom is 0.255 e. The minimum absolute atomic E-state index is 0.0347. The van der Waals surface area contributed by atoms with Crippen LogP contribution in [0.2, 0.25) is 5.02 Å². The summed E-state index contributed by atoms with van der Waals surface area (Å²) in [5.41, 5.74) is 4.29. The highest BCUT2D eigenvalue weighted by Crippen LogP contribution is 2.29. The average Bonchev–Trinajstić information content (AvgIpc) is 2.97. The first-order chi connectivity index (χ1) is 15.3. The normalized spacial score (nSPS) is 18.4. The number of hydrogen-bond donors (Lipinski definition) is 2. The Bertz CT molecular complexity index is 1120. The van der Waals surface area contributed by atoms with Crippen LogP contribution in [-0.4, -0.2) is 33.5 Å². The number of fused-ring (bicyclic) bond motifs is 1. The van der Waals surface area contributed by atoms with Crippen LogP contribution in [0.5, 0.6) is 0 Å². The van der Waals surface area contributed by atoms with Crippen molar-refractivity contribution in [3.05, 3.63) is 63.7 Å². The number of ketones is 2. The lowest BCUT2D eigenvalue weighted by atomic mass is 10.1. The minimum atomic E-state index is -0.513. The number of anilines is 1. The van der Waals surface area contributed by atoms with Crippen LogP contribution < -0.4 is 10.6 Å². The highest BCUT2D eigenvalue weighted by atomic mass is 35.5. The van der Waals surface area contributed by atoms with Crippen molar-refractivity contribution in [2.24, 2.45) is 0 Å². The Balaban J connectivity index is 1.39. The van der Waals surface area contributed by atoms with E-state index in [1.54, 1.807) is 11.0 Å². The molecule has 1 heterocycles. The number of amides is 1. The number of carbonyl (C=O) groups excluding carboxylic acids is 3. The third kappa shape index (κ3) is 4.84. The number of nitrogens with zero attached hydrogens (tertiary/aromatic N) is 1. The van der Waals surface area contributed by atoms with Gasteiger partial charge in [0.25, 0.3) is 5.91 Å². The molecule has 32 heavy (non-hydrogen) atoms. The topological polar surface area (TPSA) is 78.5 Å². The average molecular weight is 470 g/mol. The van der Waals surface area contributed by atoms with Crippen LogP contribution in [0.1, 0.15) is 52.7 Å². The number of aryl methyl sites for hydroxylation is 1. The molecule has 1 atom stereocenters. The van der Waals surface area contributed by atoms with Crippen molar-refractivity contribution < 1.29 is 14.4 Å². The van der Waals surface area contributed by atoms with Crippen LogP contribution in [0.3, 0.4) is 0 Å². The maximum atomic E-state index is 12.9. The molecule has 6 nitrogen and oxygen atoms in total. The molecule has 0 saturated heterocycles. The summed E-state index contributed by atoms with van der Waals surface area (Å²) in [5.74, 6) is -0.323. The molecule has 1 saturated carbocycles. The first kappa shape index (κ1) is 22.4. The number of carbonyl (C=O) groups is 3. The van der Waals surface area contributed by atoms with Gasteiger partial charge >= 0.3 is 0 Å². The van der Waals surface area contributed by atoms with Crippen molar-refractivity contribution in [2.45, 2.75) is 51.7 Å². The summed E-state index contributed by atoms with van der Waals surface area (Å²) >= 11 is 11.5. The summed E-state index contributed by atoms with van der Waals surface area (Å²) < 4.78 is 0. The van der Waals surface area contributed by atoms with E-state index >= 15 is 0 Å². The van der Waals surface area contributed by atoms with Crippen LogP contribution in [-0.2, 0) is 22.7 Å². The summed E-state index contributed by atoms with van der Waals surface area (Å²) in [6.07, 6.45) is 1.52. The van der Waals surface area contributed by atoms with Crippen molar-refractivity contribution >= 4 is 52.1 Å². The molecule has 0 aromatic heterocycles. The van der Waals surface area contributed by atoms with Gasteiger partial charge in [-0.3, -0.25) is 14.4 Å². The Labute approximate surface area is 197 Å². The molecule has 1 unspecified atom stereocenters. The summed E-state index contributed by atoms with van der Waals surface area (Å²) in [6, 6.07) is 10.8. The van der Waals surface area contributed by atoms with E-state index in [4.69, 9.17) is 23.8 Å². The Kier molecular flexibility index (Phi) is 6.58. The van der Waals surface area contributed by atoms with Crippen molar-refractivity contribution in [2.75, 3.05) is 5.32 Å². The third-order valence-corrected chi connectivity index (χ3v) is 6.59. The molecule has 2 aliphatic rings. The molecule has 1 aliphatic carbocycles. The second-order valence-corrected chi connectivity index (χ2v) is 9.10. The predicted octanol–water partition coefficient (Wildman–Crippen LogP) is 4.17. The summed E-state index contributed by atoms with van der Waals surface area (Å²) in [4.78, 5) is 38.7. The second kappa shape index (κ2) is 9.38. The Hall–Kier alpha value is -2.77. The lowest BCUT2D eigenvalue weighted by Crippen LogP contribution is -2.41. The number of thiocarbonyl (C=S) groups is 1. The highest BCUT2D eigenvalue weighted by molar-refractivity contribution is 7.80. The summed E-state index contributed by atoms with van der Waals surface area (Å²) in [5, 5.41) is 7.42. The zero-order chi connectivity index (χ0) is 22.8. The number of nitrogens with one attached hydrogen (secondary N) is 2. The molecule has 0 radical (unpaired) electrons. The van der Waals surface area contributed by atoms with Crippen LogP contribution in [0.15, 0.2) is 36.4 Å². The Morgan fingerprint density at radius 1 is 1.19 bits per heavy atom. The number of hydrogen-bond acceptors (Lipinski definition) is 4. The number of halogens is 1. The van der Waals surface area contributed by atoms with Crippen molar-refractivity contribution in [3.63, 3.8) is 0 Å². The van der Waals surface area contributed by atoms with Gasteiger partial charge in [-0.25, -0.2) is 0 Å². The Morgan fingerprint density at radius 3 is 2.78 bits per heavy atom. The van der Waals surface area contributed by atoms with Gasteiger partial charge in [-0.05, 0) is 66.9 Å². The molecule has 0 spiro atoms. The van der Waals surface area contributed by atoms with Gasteiger partial charge in [0.15, 0.2) is 10.9 Å². The molecule has 4 rings (SSSR count). The van der Waals surface area contributed by atoms with Crippen LogP contribution >= 0.6 is 23.8 Å². The third-order valence-electron chi connectivity index (χ3n) is 5.94. The van der Waals surface area contributed by atoms with E-state index < -0.39 is 6.04 Å². The molecule has 166 valence electrons.